The molecule has 3 nitrogen and oxygen atoms in total. The topological polar surface area (TPSA) is 30.7 Å². The minimum absolute atomic E-state index is 0.0675. The van der Waals surface area contributed by atoms with Gasteiger partial charge >= 0.3 is 0 Å². The van der Waals surface area contributed by atoms with E-state index in [9.17, 15) is 4.39 Å². The van der Waals surface area contributed by atoms with Crippen molar-refractivity contribution in [3.8, 4) is 5.69 Å². The highest BCUT2D eigenvalue weighted by molar-refractivity contribution is 6.30. The predicted octanol–water partition coefficient (Wildman–Crippen LogP) is 2.71. The summed E-state index contributed by atoms with van der Waals surface area (Å²) in [6, 6.07) is 4.33. The Kier molecular flexibility index (Phi) is 2.39. The van der Waals surface area contributed by atoms with Gasteiger partial charge in [-0.25, -0.2) is 4.39 Å². The Labute approximate surface area is 89.1 Å². The molecule has 0 saturated carbocycles. The van der Waals surface area contributed by atoms with E-state index in [0.29, 0.717) is 5.69 Å². The van der Waals surface area contributed by atoms with Gasteiger partial charge in [0.2, 0.25) is 5.28 Å². The van der Waals surface area contributed by atoms with E-state index < -0.39 is 5.82 Å². The number of nitrogens with zero attached hydrogens (tertiary/aromatic N) is 3. The summed E-state index contributed by atoms with van der Waals surface area (Å²) < 4.78 is 14.5. The van der Waals surface area contributed by atoms with Gasteiger partial charge in [0, 0.05) is 0 Å². The summed E-state index contributed by atoms with van der Waals surface area (Å²) in [6.45, 7) is 0. The molecule has 72 valence electrons. The van der Waals surface area contributed by atoms with E-state index in [1.165, 1.54) is 23.0 Å². The smallest absolute Gasteiger partial charge is 0.229 e. The van der Waals surface area contributed by atoms with Gasteiger partial charge in [0.05, 0.1) is 10.7 Å². The molecule has 0 fully saturated rings. The largest absolute Gasteiger partial charge is 0.272 e. The fourth-order valence-corrected chi connectivity index (χ4v) is 1.33. The third kappa shape index (κ3) is 1.58. The molecule has 0 N–H and O–H groups in total. The molecular weight excluding hydrogens is 228 g/mol. The molecule has 0 bridgehead atoms. The van der Waals surface area contributed by atoms with Crippen LogP contribution in [-0.4, -0.2) is 14.8 Å². The fraction of sp³-hybridized carbons (Fsp3) is 0. The number of aromatic nitrogens is 3. The number of hydrogen-bond acceptors (Lipinski definition) is 2. The van der Waals surface area contributed by atoms with Crippen LogP contribution in [0.3, 0.4) is 0 Å². The van der Waals surface area contributed by atoms with E-state index in [0.717, 1.165) is 0 Å². The van der Waals surface area contributed by atoms with Crippen molar-refractivity contribution >= 4 is 23.2 Å². The molecule has 1 aromatic carbocycles. The molecule has 0 aliphatic rings. The Morgan fingerprint density at radius 2 is 2.07 bits per heavy atom. The van der Waals surface area contributed by atoms with Crippen LogP contribution in [0.15, 0.2) is 24.5 Å². The van der Waals surface area contributed by atoms with Crippen LogP contribution < -0.4 is 0 Å². The Balaban J connectivity index is 2.53. The molecule has 14 heavy (non-hydrogen) atoms. The standard InChI is InChI=1S/C8H4Cl2FN3/c9-6-2-1-5(3-7(6)11)14-4-12-13-8(14)10/h1-4H. The lowest BCUT2D eigenvalue weighted by Crippen LogP contribution is -1.93. The Morgan fingerprint density at radius 1 is 1.29 bits per heavy atom. The zero-order valence-electron chi connectivity index (χ0n) is 6.78. The maximum absolute atomic E-state index is 13.1. The maximum Gasteiger partial charge on any atom is 0.229 e. The summed E-state index contributed by atoms with van der Waals surface area (Å²) >= 11 is 11.2. The molecular formula is C8H4Cl2FN3. The second-order valence-electron chi connectivity index (χ2n) is 2.57. The average Bonchev–Trinajstić information content (AvgIpc) is 2.57. The van der Waals surface area contributed by atoms with Crippen molar-refractivity contribution in [3.63, 3.8) is 0 Å². The van der Waals surface area contributed by atoms with Crippen LogP contribution in [0.25, 0.3) is 5.69 Å². The zero-order chi connectivity index (χ0) is 10.1. The molecule has 0 saturated heterocycles. The lowest BCUT2D eigenvalue weighted by Gasteiger charge is -2.02. The quantitative estimate of drug-likeness (QED) is 0.756. The van der Waals surface area contributed by atoms with Crippen LogP contribution in [-0.2, 0) is 0 Å². The number of halogens is 3. The van der Waals surface area contributed by atoms with Gasteiger partial charge in [0.1, 0.15) is 12.1 Å². The summed E-state index contributed by atoms with van der Waals surface area (Å²) in [6.07, 6.45) is 1.39. The molecule has 6 heteroatoms. The first-order chi connectivity index (χ1) is 6.68. The van der Waals surface area contributed by atoms with Gasteiger partial charge in [-0.2, -0.15) is 0 Å². The van der Waals surface area contributed by atoms with E-state index in [1.54, 1.807) is 6.07 Å². The maximum atomic E-state index is 13.1. The van der Waals surface area contributed by atoms with Crippen LogP contribution in [0.1, 0.15) is 0 Å². The third-order valence-corrected chi connectivity index (χ3v) is 2.25. The van der Waals surface area contributed by atoms with Crippen LogP contribution >= 0.6 is 23.2 Å². The Bertz CT molecular complexity index is 469. The first kappa shape index (κ1) is 9.43. The molecule has 0 radical (unpaired) electrons. The van der Waals surface area contributed by atoms with Crippen molar-refractivity contribution in [3.05, 3.63) is 40.6 Å². The predicted molar refractivity (Wildman–Crippen MR) is 51.3 cm³/mol. The van der Waals surface area contributed by atoms with Gasteiger partial charge in [0.25, 0.3) is 0 Å². The minimum atomic E-state index is -0.506. The SMILES string of the molecule is Fc1cc(-n2cnnc2Cl)ccc1Cl. The number of hydrogen-bond donors (Lipinski definition) is 0. The first-order valence-electron chi connectivity index (χ1n) is 3.69. The second kappa shape index (κ2) is 3.55. The highest BCUT2D eigenvalue weighted by atomic mass is 35.5. The molecule has 0 atom stereocenters. The van der Waals surface area contributed by atoms with E-state index >= 15 is 0 Å². The molecule has 0 amide bonds. The molecule has 0 aliphatic heterocycles. The van der Waals surface area contributed by atoms with E-state index in [-0.39, 0.29) is 10.3 Å². The summed E-state index contributed by atoms with van der Waals surface area (Å²) in [5.74, 6) is -0.506. The summed E-state index contributed by atoms with van der Waals surface area (Å²) in [5.41, 5.74) is 0.530. The van der Waals surface area contributed by atoms with Gasteiger partial charge in [-0.3, -0.25) is 4.57 Å². The van der Waals surface area contributed by atoms with Crippen LogP contribution in [0.5, 0.6) is 0 Å². The van der Waals surface area contributed by atoms with Gasteiger partial charge in [-0.15, -0.1) is 10.2 Å². The summed E-state index contributed by atoms with van der Waals surface area (Å²) in [4.78, 5) is 0. The van der Waals surface area contributed by atoms with E-state index in [2.05, 4.69) is 10.2 Å². The zero-order valence-corrected chi connectivity index (χ0v) is 8.30. The van der Waals surface area contributed by atoms with Crippen molar-refractivity contribution < 1.29 is 4.39 Å². The lowest BCUT2D eigenvalue weighted by molar-refractivity contribution is 0.627. The minimum Gasteiger partial charge on any atom is -0.272 e. The van der Waals surface area contributed by atoms with Crippen molar-refractivity contribution in [1.29, 1.82) is 0 Å². The molecule has 2 aromatic rings. The molecule has 0 unspecified atom stereocenters. The highest BCUT2D eigenvalue weighted by Crippen LogP contribution is 2.19. The van der Waals surface area contributed by atoms with Gasteiger partial charge in [-0.1, -0.05) is 11.6 Å². The highest BCUT2D eigenvalue weighted by Gasteiger charge is 2.06. The molecule has 1 heterocycles. The van der Waals surface area contributed by atoms with Gasteiger partial charge < -0.3 is 0 Å². The molecule has 0 spiro atoms. The van der Waals surface area contributed by atoms with Crippen molar-refractivity contribution in [2.24, 2.45) is 0 Å². The normalized spacial score (nSPS) is 10.5. The van der Waals surface area contributed by atoms with Crippen LogP contribution in [0.2, 0.25) is 10.3 Å². The Hall–Kier alpha value is -1.13. The number of rotatable bonds is 1. The fourth-order valence-electron chi connectivity index (χ4n) is 1.03. The Morgan fingerprint density at radius 3 is 2.64 bits per heavy atom. The lowest BCUT2D eigenvalue weighted by atomic mass is 10.3. The van der Waals surface area contributed by atoms with Gasteiger partial charge in [-0.05, 0) is 29.8 Å². The van der Waals surface area contributed by atoms with Crippen LogP contribution in [0.4, 0.5) is 4.39 Å². The van der Waals surface area contributed by atoms with Crippen molar-refractivity contribution in [2.45, 2.75) is 0 Å². The summed E-state index contributed by atoms with van der Waals surface area (Å²) in [7, 11) is 0. The molecule has 0 aliphatic carbocycles. The number of benzene rings is 1. The monoisotopic (exact) mass is 231 g/mol. The second-order valence-corrected chi connectivity index (χ2v) is 3.31. The first-order valence-corrected chi connectivity index (χ1v) is 4.45. The average molecular weight is 232 g/mol. The van der Waals surface area contributed by atoms with Crippen LogP contribution in [0, 0.1) is 5.82 Å². The molecule has 2 rings (SSSR count). The molecule has 1 aromatic heterocycles. The summed E-state index contributed by atoms with van der Waals surface area (Å²) in [5, 5.41) is 7.38. The van der Waals surface area contributed by atoms with Gasteiger partial charge in [0.15, 0.2) is 0 Å². The van der Waals surface area contributed by atoms with Crippen molar-refractivity contribution in [2.75, 3.05) is 0 Å². The van der Waals surface area contributed by atoms with Crippen molar-refractivity contribution in [1.82, 2.24) is 14.8 Å². The third-order valence-electron chi connectivity index (χ3n) is 1.69. The van der Waals surface area contributed by atoms with E-state index in [4.69, 9.17) is 23.2 Å². The van der Waals surface area contributed by atoms with E-state index in [1.807, 2.05) is 0 Å².